The number of ether oxygens (including phenoxy) is 1. The average Bonchev–Trinajstić information content (AvgIpc) is 3.40. The summed E-state index contributed by atoms with van der Waals surface area (Å²) in [6.45, 7) is 7.91. The number of hydrogen-bond acceptors (Lipinski definition) is 5. The minimum atomic E-state index is -0.151. The van der Waals surface area contributed by atoms with Gasteiger partial charge in [-0.15, -0.1) is 0 Å². The van der Waals surface area contributed by atoms with Crippen molar-refractivity contribution in [2.75, 3.05) is 31.3 Å². The lowest BCUT2D eigenvalue weighted by atomic mass is 9.84. The van der Waals surface area contributed by atoms with Crippen LogP contribution in [0.4, 0.5) is 5.69 Å². The Morgan fingerprint density at radius 3 is 2.70 bits per heavy atom. The van der Waals surface area contributed by atoms with Gasteiger partial charge in [-0.25, -0.2) is 5.01 Å². The van der Waals surface area contributed by atoms with Crippen LogP contribution < -0.4 is 5.01 Å². The second kappa shape index (κ2) is 6.71. The summed E-state index contributed by atoms with van der Waals surface area (Å²) in [4.78, 5) is 2.65. The number of nitrogens with zero attached hydrogens (tertiary/aromatic N) is 4. The molecule has 0 aromatic heterocycles. The lowest BCUT2D eigenvalue weighted by molar-refractivity contribution is -0.0340. The first kappa shape index (κ1) is 17.4. The number of allylic oxidation sites excluding steroid dienone is 1. The molecule has 0 bridgehead atoms. The van der Waals surface area contributed by atoms with Crippen molar-refractivity contribution in [2.45, 2.75) is 57.7 Å². The highest BCUT2D eigenvalue weighted by atomic mass is 16.5. The van der Waals surface area contributed by atoms with E-state index in [0.717, 1.165) is 32.7 Å². The molecule has 0 unspecified atom stereocenters. The first-order chi connectivity index (χ1) is 13.2. The normalized spacial score (nSPS) is 33.6. The van der Waals surface area contributed by atoms with Crippen LogP contribution >= 0.6 is 0 Å². The average molecular weight is 367 g/mol. The van der Waals surface area contributed by atoms with Gasteiger partial charge in [-0.05, 0) is 69.2 Å². The van der Waals surface area contributed by atoms with Crippen LogP contribution in [0.1, 0.15) is 43.2 Å². The molecule has 2 aliphatic heterocycles. The number of morpholine rings is 1. The highest BCUT2D eigenvalue weighted by Crippen LogP contribution is 2.54. The number of fused-ring (bicyclic) bond motifs is 1. The van der Waals surface area contributed by atoms with Crippen LogP contribution in [0.25, 0.3) is 0 Å². The van der Waals surface area contributed by atoms with Gasteiger partial charge in [0.25, 0.3) is 0 Å². The van der Waals surface area contributed by atoms with E-state index in [4.69, 9.17) is 15.1 Å². The molecule has 4 aliphatic rings. The summed E-state index contributed by atoms with van der Waals surface area (Å²) in [5, 5.41) is 11.9. The summed E-state index contributed by atoms with van der Waals surface area (Å²) in [6, 6.07) is 6.99. The summed E-state index contributed by atoms with van der Waals surface area (Å²) in [5.41, 5.74) is 5.32. The van der Waals surface area contributed by atoms with E-state index in [9.17, 15) is 0 Å². The van der Waals surface area contributed by atoms with Crippen LogP contribution in [-0.2, 0) is 4.74 Å². The molecule has 0 spiro atoms. The van der Waals surface area contributed by atoms with Gasteiger partial charge in [0.05, 0.1) is 18.9 Å². The summed E-state index contributed by atoms with van der Waals surface area (Å²) in [7, 11) is 0. The molecule has 5 rings (SSSR count). The first-order valence-corrected chi connectivity index (χ1v) is 10.5. The van der Waals surface area contributed by atoms with Gasteiger partial charge in [-0.2, -0.15) is 5.11 Å². The number of hydrogen-bond donors (Lipinski definition) is 0. The van der Waals surface area contributed by atoms with E-state index in [2.05, 4.69) is 48.0 Å². The Balaban J connectivity index is 1.62. The van der Waals surface area contributed by atoms with Crippen molar-refractivity contribution in [3.63, 3.8) is 0 Å². The van der Waals surface area contributed by atoms with Gasteiger partial charge in [0.1, 0.15) is 11.7 Å². The summed E-state index contributed by atoms with van der Waals surface area (Å²) in [6.07, 6.45) is 8.62. The van der Waals surface area contributed by atoms with Gasteiger partial charge in [-0.1, -0.05) is 22.9 Å². The molecular formula is C22H30N4O. The molecule has 3 atom stereocenters. The topological polar surface area (TPSA) is 40.4 Å². The molecule has 1 saturated carbocycles. The molecule has 0 amide bonds. The molecule has 2 fully saturated rings. The standard InChI is InChI=1S/C22H30N4O/c1-16-7-8-19(15-17(16)2)26-22(25-11-13-27-14-12-25)20(18-5-3-4-6-18)9-10-21(22)23-24-26/h5,7-8,15,20-21H,3-4,6,9-14H2,1-2H3/t20-,21+,22-/m1/s1. The van der Waals surface area contributed by atoms with Crippen molar-refractivity contribution >= 4 is 5.69 Å². The summed E-state index contributed by atoms with van der Waals surface area (Å²) in [5.74, 6) is 0.514. The van der Waals surface area contributed by atoms with Gasteiger partial charge in [0, 0.05) is 19.0 Å². The predicted molar refractivity (Wildman–Crippen MR) is 107 cm³/mol. The molecule has 0 radical (unpaired) electrons. The smallest absolute Gasteiger partial charge is 0.148 e. The molecule has 5 nitrogen and oxygen atoms in total. The third-order valence-electron chi connectivity index (χ3n) is 7.13. The minimum absolute atomic E-state index is 0.151. The van der Waals surface area contributed by atoms with E-state index in [1.165, 1.54) is 42.5 Å². The van der Waals surface area contributed by atoms with E-state index >= 15 is 0 Å². The lowest BCUT2D eigenvalue weighted by Gasteiger charge is -2.50. The Bertz CT molecular complexity index is 783. The predicted octanol–water partition coefficient (Wildman–Crippen LogP) is 4.41. The van der Waals surface area contributed by atoms with Crippen LogP contribution in [0.15, 0.2) is 40.2 Å². The van der Waals surface area contributed by atoms with E-state index in [0.29, 0.717) is 5.92 Å². The van der Waals surface area contributed by atoms with Gasteiger partial charge < -0.3 is 4.74 Å². The molecule has 144 valence electrons. The molecule has 5 heteroatoms. The largest absolute Gasteiger partial charge is 0.379 e. The SMILES string of the molecule is Cc1ccc(N2N=N[C@H]3CC[C@H](C4=CCCC4)[C@]32N2CCOCC2)cc1C. The molecule has 27 heavy (non-hydrogen) atoms. The zero-order valence-corrected chi connectivity index (χ0v) is 16.5. The van der Waals surface area contributed by atoms with Crippen LogP contribution in [0.5, 0.6) is 0 Å². The Morgan fingerprint density at radius 2 is 1.96 bits per heavy atom. The van der Waals surface area contributed by atoms with E-state index in [-0.39, 0.29) is 11.7 Å². The molecule has 1 aromatic carbocycles. The Kier molecular flexibility index (Phi) is 4.32. The first-order valence-electron chi connectivity index (χ1n) is 10.5. The highest BCUT2D eigenvalue weighted by molar-refractivity contribution is 5.54. The fourth-order valence-corrected chi connectivity index (χ4v) is 5.67. The van der Waals surface area contributed by atoms with Crippen molar-refractivity contribution in [1.29, 1.82) is 0 Å². The Hall–Kier alpha value is -1.72. The van der Waals surface area contributed by atoms with Gasteiger partial charge in [0.15, 0.2) is 0 Å². The summed E-state index contributed by atoms with van der Waals surface area (Å²) < 4.78 is 5.70. The van der Waals surface area contributed by atoms with Crippen LogP contribution in [0, 0.1) is 19.8 Å². The van der Waals surface area contributed by atoms with Crippen LogP contribution in [0.2, 0.25) is 0 Å². The minimum Gasteiger partial charge on any atom is -0.379 e. The van der Waals surface area contributed by atoms with Gasteiger partial charge >= 0.3 is 0 Å². The van der Waals surface area contributed by atoms with E-state index in [1.54, 1.807) is 5.57 Å². The fourth-order valence-electron chi connectivity index (χ4n) is 5.67. The molecule has 1 saturated heterocycles. The third-order valence-corrected chi connectivity index (χ3v) is 7.13. The number of rotatable bonds is 3. The van der Waals surface area contributed by atoms with Crippen molar-refractivity contribution in [2.24, 2.45) is 16.3 Å². The quantitative estimate of drug-likeness (QED) is 0.744. The molecule has 0 N–H and O–H groups in total. The second-order valence-electron chi connectivity index (χ2n) is 8.48. The second-order valence-corrected chi connectivity index (χ2v) is 8.48. The van der Waals surface area contributed by atoms with Crippen LogP contribution in [-0.4, -0.2) is 42.9 Å². The molecule has 1 aromatic rings. The highest BCUT2D eigenvalue weighted by Gasteiger charge is 2.62. The maximum Gasteiger partial charge on any atom is 0.148 e. The van der Waals surface area contributed by atoms with Crippen molar-refractivity contribution in [3.8, 4) is 0 Å². The maximum absolute atomic E-state index is 5.70. The zero-order valence-electron chi connectivity index (χ0n) is 16.5. The van der Waals surface area contributed by atoms with Gasteiger partial charge in [-0.3, -0.25) is 4.90 Å². The maximum atomic E-state index is 5.70. The van der Waals surface area contributed by atoms with Crippen LogP contribution in [0.3, 0.4) is 0 Å². The molecule has 2 heterocycles. The Labute approximate surface area is 162 Å². The van der Waals surface area contributed by atoms with E-state index < -0.39 is 0 Å². The van der Waals surface area contributed by atoms with Crippen molar-refractivity contribution in [3.05, 3.63) is 41.0 Å². The van der Waals surface area contributed by atoms with Crippen molar-refractivity contribution in [1.82, 2.24) is 4.90 Å². The Morgan fingerprint density at radius 1 is 1.11 bits per heavy atom. The monoisotopic (exact) mass is 366 g/mol. The van der Waals surface area contributed by atoms with Crippen molar-refractivity contribution < 1.29 is 4.74 Å². The fraction of sp³-hybridized carbons (Fsp3) is 0.636. The van der Waals surface area contributed by atoms with E-state index in [1.807, 2.05) is 0 Å². The molecule has 2 aliphatic carbocycles. The van der Waals surface area contributed by atoms with Gasteiger partial charge in [0.2, 0.25) is 0 Å². The lowest BCUT2D eigenvalue weighted by Crippen LogP contribution is -2.66. The molecular weight excluding hydrogens is 336 g/mol. The number of anilines is 1. The number of benzene rings is 1. The third kappa shape index (κ3) is 2.59. The summed E-state index contributed by atoms with van der Waals surface area (Å²) >= 11 is 0. The zero-order chi connectivity index (χ0) is 18.4. The number of aryl methyl sites for hydroxylation is 2.